The highest BCUT2D eigenvalue weighted by Gasteiger charge is 2.29. The van der Waals surface area contributed by atoms with Gasteiger partial charge in [0.25, 0.3) is 0 Å². The molecule has 0 unspecified atom stereocenters. The Bertz CT molecular complexity index is 1330. The van der Waals surface area contributed by atoms with Crippen molar-refractivity contribution in [3.63, 3.8) is 0 Å². The van der Waals surface area contributed by atoms with Gasteiger partial charge in [-0.15, -0.1) is 0 Å². The van der Waals surface area contributed by atoms with E-state index >= 15 is 0 Å². The van der Waals surface area contributed by atoms with Crippen molar-refractivity contribution in [2.75, 3.05) is 5.75 Å². The highest BCUT2D eigenvalue weighted by atomic mass is 32.2. The van der Waals surface area contributed by atoms with Crippen molar-refractivity contribution < 1.29 is 17.5 Å². The lowest BCUT2D eigenvalue weighted by atomic mass is 10.1. The summed E-state index contributed by atoms with van der Waals surface area (Å²) in [7, 11) is -1.78. The standard InChI is InChI=1S/C24H26FN3O4S/c1-3-4-12-33(30,31)15-18-13-21(17-10-11-22(29)28(2)14-17)27-24(26-18)32-23-19(16-8-9-16)6-5-7-20(23)25/h5-7,10-11,13-14,16H,3-4,8-9,12,15H2,1-2H3. The molecule has 33 heavy (non-hydrogen) atoms. The summed E-state index contributed by atoms with van der Waals surface area (Å²) in [6.45, 7) is 1.93. The number of unbranched alkanes of at least 4 members (excludes halogenated alkanes) is 1. The number of sulfone groups is 1. The largest absolute Gasteiger partial charge is 0.421 e. The zero-order valence-corrected chi connectivity index (χ0v) is 19.4. The fourth-order valence-electron chi connectivity index (χ4n) is 3.59. The van der Waals surface area contributed by atoms with E-state index in [4.69, 9.17) is 4.74 Å². The van der Waals surface area contributed by atoms with Gasteiger partial charge in [-0.25, -0.2) is 12.8 Å². The van der Waals surface area contributed by atoms with Crippen molar-refractivity contribution in [2.24, 2.45) is 7.05 Å². The van der Waals surface area contributed by atoms with Crippen LogP contribution in [-0.2, 0) is 22.6 Å². The molecule has 0 bridgehead atoms. The molecular weight excluding hydrogens is 445 g/mol. The van der Waals surface area contributed by atoms with Crippen molar-refractivity contribution in [3.8, 4) is 23.0 Å². The number of aromatic nitrogens is 3. The summed E-state index contributed by atoms with van der Waals surface area (Å²) in [4.78, 5) is 20.5. The molecule has 9 heteroatoms. The number of hydrogen-bond donors (Lipinski definition) is 0. The van der Waals surface area contributed by atoms with Gasteiger partial charge in [0, 0.05) is 30.4 Å². The van der Waals surface area contributed by atoms with Crippen LogP contribution in [0.5, 0.6) is 11.8 Å². The zero-order valence-electron chi connectivity index (χ0n) is 18.6. The van der Waals surface area contributed by atoms with Crippen LogP contribution >= 0.6 is 0 Å². The summed E-state index contributed by atoms with van der Waals surface area (Å²) in [5.74, 6) is -0.448. The minimum absolute atomic E-state index is 0.0536. The fourth-order valence-corrected chi connectivity index (χ4v) is 5.06. The average molecular weight is 472 g/mol. The molecule has 7 nitrogen and oxygen atoms in total. The van der Waals surface area contributed by atoms with Gasteiger partial charge < -0.3 is 9.30 Å². The Morgan fingerprint density at radius 2 is 1.97 bits per heavy atom. The highest BCUT2D eigenvalue weighted by molar-refractivity contribution is 7.90. The molecule has 2 aromatic heterocycles. The Labute approximate surface area is 192 Å². The van der Waals surface area contributed by atoms with Crippen molar-refractivity contribution in [2.45, 2.75) is 44.3 Å². The summed E-state index contributed by atoms with van der Waals surface area (Å²) in [5, 5.41) is 0. The van der Waals surface area contributed by atoms with E-state index in [9.17, 15) is 17.6 Å². The summed E-state index contributed by atoms with van der Waals surface area (Å²) in [5.41, 5.74) is 1.80. The molecule has 0 saturated heterocycles. The van der Waals surface area contributed by atoms with Crippen LogP contribution in [0.1, 0.15) is 49.8 Å². The van der Waals surface area contributed by atoms with Crippen LogP contribution in [0.25, 0.3) is 11.3 Å². The minimum Gasteiger partial charge on any atom is -0.421 e. The van der Waals surface area contributed by atoms with Gasteiger partial charge in [0.1, 0.15) is 0 Å². The van der Waals surface area contributed by atoms with Crippen molar-refractivity contribution in [1.82, 2.24) is 14.5 Å². The number of pyridine rings is 1. The smallest absolute Gasteiger partial charge is 0.322 e. The minimum atomic E-state index is -3.40. The molecule has 2 heterocycles. The molecule has 1 fully saturated rings. The molecule has 0 spiro atoms. The van der Waals surface area contributed by atoms with Gasteiger partial charge in [0.2, 0.25) is 5.56 Å². The van der Waals surface area contributed by atoms with E-state index in [2.05, 4.69) is 9.97 Å². The van der Waals surface area contributed by atoms with Gasteiger partial charge in [0.15, 0.2) is 21.4 Å². The van der Waals surface area contributed by atoms with Crippen molar-refractivity contribution in [3.05, 3.63) is 70.0 Å². The normalized spacial score (nSPS) is 13.8. The molecule has 0 radical (unpaired) electrons. The quantitative estimate of drug-likeness (QED) is 0.460. The van der Waals surface area contributed by atoms with E-state index in [1.807, 2.05) is 13.0 Å². The number of aryl methyl sites for hydroxylation is 1. The first kappa shape index (κ1) is 23.1. The summed E-state index contributed by atoms with van der Waals surface area (Å²) in [6.07, 6.45) is 4.84. The number of benzene rings is 1. The first-order chi connectivity index (χ1) is 15.8. The van der Waals surface area contributed by atoms with E-state index in [1.54, 1.807) is 31.4 Å². The maximum Gasteiger partial charge on any atom is 0.322 e. The van der Waals surface area contributed by atoms with E-state index < -0.39 is 15.7 Å². The van der Waals surface area contributed by atoms with E-state index in [0.29, 0.717) is 17.7 Å². The predicted molar refractivity (Wildman–Crippen MR) is 124 cm³/mol. The number of ether oxygens (including phenoxy) is 1. The van der Waals surface area contributed by atoms with E-state index in [-0.39, 0.29) is 40.4 Å². The van der Waals surface area contributed by atoms with Crippen LogP contribution in [0, 0.1) is 5.82 Å². The highest BCUT2D eigenvalue weighted by Crippen LogP contribution is 2.45. The molecule has 1 saturated carbocycles. The van der Waals surface area contributed by atoms with Gasteiger partial charge >= 0.3 is 6.01 Å². The molecule has 1 aliphatic rings. The lowest BCUT2D eigenvalue weighted by Gasteiger charge is -2.13. The molecular formula is C24H26FN3O4S. The van der Waals surface area contributed by atoms with Crippen LogP contribution in [0.2, 0.25) is 0 Å². The molecule has 0 atom stereocenters. The lowest BCUT2D eigenvalue weighted by molar-refractivity contribution is 0.405. The third-order valence-corrected chi connectivity index (χ3v) is 7.17. The number of rotatable bonds is 9. The van der Waals surface area contributed by atoms with Gasteiger partial charge in [-0.05, 0) is 43.4 Å². The third-order valence-electron chi connectivity index (χ3n) is 5.52. The Hall–Kier alpha value is -3.07. The summed E-state index contributed by atoms with van der Waals surface area (Å²) < 4.78 is 47.0. The van der Waals surface area contributed by atoms with Gasteiger partial charge in [-0.2, -0.15) is 9.97 Å². The Kier molecular flexibility index (Phi) is 6.60. The number of halogens is 1. The van der Waals surface area contributed by atoms with Gasteiger partial charge in [-0.3, -0.25) is 4.79 Å². The summed E-state index contributed by atoms with van der Waals surface area (Å²) >= 11 is 0. The Morgan fingerprint density at radius 1 is 1.18 bits per heavy atom. The van der Waals surface area contributed by atoms with Crippen molar-refractivity contribution in [1.29, 1.82) is 0 Å². The van der Waals surface area contributed by atoms with Gasteiger partial charge in [-0.1, -0.05) is 25.5 Å². The molecule has 1 aromatic carbocycles. The van der Waals surface area contributed by atoms with E-state index in [1.165, 1.54) is 16.7 Å². The molecule has 0 N–H and O–H groups in total. The zero-order chi connectivity index (χ0) is 23.6. The second-order valence-electron chi connectivity index (χ2n) is 8.37. The van der Waals surface area contributed by atoms with Crippen LogP contribution in [0.15, 0.2) is 47.4 Å². The lowest BCUT2D eigenvalue weighted by Crippen LogP contribution is -2.14. The molecule has 174 valence electrons. The molecule has 0 amide bonds. The SMILES string of the molecule is CCCCS(=O)(=O)Cc1cc(-c2ccc(=O)n(C)c2)nc(Oc2c(F)cccc2C2CC2)n1. The van der Waals surface area contributed by atoms with Crippen molar-refractivity contribution >= 4 is 9.84 Å². The van der Waals surface area contributed by atoms with Crippen LogP contribution in [0.4, 0.5) is 4.39 Å². The monoisotopic (exact) mass is 471 g/mol. The average Bonchev–Trinajstić information content (AvgIpc) is 3.60. The number of hydrogen-bond acceptors (Lipinski definition) is 6. The second kappa shape index (κ2) is 9.43. The first-order valence-electron chi connectivity index (χ1n) is 11.0. The third kappa shape index (κ3) is 5.65. The van der Waals surface area contributed by atoms with Crippen LogP contribution in [-0.4, -0.2) is 28.7 Å². The molecule has 0 aliphatic heterocycles. The molecule has 4 rings (SSSR count). The molecule has 3 aromatic rings. The number of para-hydroxylation sites is 1. The number of nitrogens with zero attached hydrogens (tertiary/aromatic N) is 3. The summed E-state index contributed by atoms with van der Waals surface area (Å²) in [6, 6.07) is 9.22. The fraction of sp³-hybridized carbons (Fsp3) is 0.375. The van der Waals surface area contributed by atoms with Gasteiger partial charge in [0.05, 0.1) is 22.9 Å². The van der Waals surface area contributed by atoms with Crippen LogP contribution in [0.3, 0.4) is 0 Å². The first-order valence-corrected chi connectivity index (χ1v) is 12.8. The maximum absolute atomic E-state index is 14.6. The predicted octanol–water partition coefficient (Wildman–Crippen LogP) is 4.37. The molecule has 1 aliphatic carbocycles. The second-order valence-corrected chi connectivity index (χ2v) is 10.6. The Morgan fingerprint density at radius 3 is 2.67 bits per heavy atom. The van der Waals surface area contributed by atoms with Crippen LogP contribution < -0.4 is 10.3 Å². The topological polar surface area (TPSA) is 91.2 Å². The maximum atomic E-state index is 14.6. The Balaban J connectivity index is 1.76. The van der Waals surface area contributed by atoms with E-state index in [0.717, 1.165) is 24.8 Å².